The summed E-state index contributed by atoms with van der Waals surface area (Å²) < 4.78 is 13.8. The first-order valence-corrected chi connectivity index (χ1v) is 13.5. The maximum atomic E-state index is 12.8. The van der Waals surface area contributed by atoms with Crippen LogP contribution in [0.25, 0.3) is 5.52 Å². The number of nitrogens with two attached hydrogens (primary N) is 1. The van der Waals surface area contributed by atoms with Crippen LogP contribution in [0.2, 0.25) is 0 Å². The summed E-state index contributed by atoms with van der Waals surface area (Å²) in [5.74, 6) is -2.22. The molecule has 0 amide bonds. The van der Waals surface area contributed by atoms with Crippen LogP contribution in [0.1, 0.15) is 22.4 Å². The van der Waals surface area contributed by atoms with Crippen LogP contribution in [0, 0.1) is 0 Å². The molecule has 3 heterocycles. The minimum absolute atomic E-state index is 0.0146. The van der Waals surface area contributed by atoms with Crippen molar-refractivity contribution in [3.05, 3.63) is 132 Å². The number of fused-ring (bicyclic) bond motifs is 1. The van der Waals surface area contributed by atoms with Gasteiger partial charge in [0, 0.05) is 12.8 Å². The SMILES string of the molecule is Nc1ncnn2c([C@]3(O)O[C@H](COCc4ccccc4)[C@](O)(Cc4ccccc4)[C@]3(O)Cc3ccccc3)ccc12. The minimum Gasteiger partial charge on any atom is -0.383 e. The van der Waals surface area contributed by atoms with Crippen LogP contribution in [-0.4, -0.2) is 53.8 Å². The van der Waals surface area contributed by atoms with Gasteiger partial charge in [-0.05, 0) is 28.8 Å². The molecule has 9 nitrogen and oxygen atoms in total. The van der Waals surface area contributed by atoms with Crippen molar-refractivity contribution in [1.29, 1.82) is 0 Å². The molecular formula is C32H32N4O5. The highest BCUT2D eigenvalue weighted by Crippen LogP contribution is 2.54. The lowest BCUT2D eigenvalue weighted by Crippen LogP contribution is -2.65. The molecule has 0 unspecified atom stereocenters. The van der Waals surface area contributed by atoms with Gasteiger partial charge in [-0.15, -0.1) is 0 Å². The molecule has 1 aliphatic rings. The summed E-state index contributed by atoms with van der Waals surface area (Å²) in [7, 11) is 0. The summed E-state index contributed by atoms with van der Waals surface area (Å²) in [6.07, 6.45) is -0.0117. The first-order valence-electron chi connectivity index (χ1n) is 13.5. The lowest BCUT2D eigenvalue weighted by Gasteiger charge is -2.44. The second-order valence-corrected chi connectivity index (χ2v) is 10.5. The molecular weight excluding hydrogens is 520 g/mol. The van der Waals surface area contributed by atoms with Gasteiger partial charge in [0.05, 0.1) is 13.2 Å². The van der Waals surface area contributed by atoms with Crippen molar-refractivity contribution in [3.8, 4) is 0 Å². The maximum Gasteiger partial charge on any atom is 0.243 e. The van der Waals surface area contributed by atoms with Crippen molar-refractivity contribution in [2.24, 2.45) is 0 Å². The Kier molecular flexibility index (Phi) is 7.06. The molecule has 1 aliphatic heterocycles. The van der Waals surface area contributed by atoms with E-state index in [-0.39, 0.29) is 37.6 Å². The van der Waals surface area contributed by atoms with Gasteiger partial charge in [-0.25, -0.2) is 9.50 Å². The van der Waals surface area contributed by atoms with Gasteiger partial charge in [-0.2, -0.15) is 5.10 Å². The van der Waals surface area contributed by atoms with Crippen LogP contribution < -0.4 is 5.73 Å². The summed E-state index contributed by atoms with van der Waals surface area (Å²) >= 11 is 0. The molecule has 210 valence electrons. The molecule has 0 bridgehead atoms. The van der Waals surface area contributed by atoms with Crippen molar-refractivity contribution in [2.75, 3.05) is 12.3 Å². The zero-order valence-electron chi connectivity index (χ0n) is 22.4. The molecule has 2 aromatic heterocycles. The molecule has 1 saturated heterocycles. The average molecular weight is 553 g/mol. The topological polar surface area (TPSA) is 135 Å². The minimum atomic E-state index is -2.42. The van der Waals surface area contributed by atoms with Crippen LogP contribution >= 0.6 is 0 Å². The van der Waals surface area contributed by atoms with Gasteiger partial charge in [0.25, 0.3) is 0 Å². The van der Waals surface area contributed by atoms with Gasteiger partial charge in [0.1, 0.15) is 29.2 Å². The van der Waals surface area contributed by atoms with E-state index in [0.717, 1.165) is 11.1 Å². The molecule has 0 aliphatic carbocycles. The van der Waals surface area contributed by atoms with E-state index in [1.165, 1.54) is 10.8 Å². The standard InChI is InChI=1S/C32H32N4O5/c33-29-26-16-17-27(36(26)35-22-34-29)32(39)31(38,19-24-12-6-2-7-13-24)30(37,18-23-10-4-1-5-11-23)28(41-32)21-40-20-25-14-8-3-9-15-25/h1-17,22,28,37-39H,18-21H2,(H2,33,34,35)/t28-,30-,31-,32+/m1/s1. The van der Waals surface area contributed by atoms with Crippen LogP contribution in [0.5, 0.6) is 0 Å². The Bertz CT molecular complexity index is 1620. The zero-order chi connectivity index (χ0) is 28.5. The first-order chi connectivity index (χ1) is 19.8. The lowest BCUT2D eigenvalue weighted by molar-refractivity contribution is -0.287. The third kappa shape index (κ3) is 4.67. The van der Waals surface area contributed by atoms with Crippen LogP contribution in [0.15, 0.2) is 109 Å². The largest absolute Gasteiger partial charge is 0.383 e. The third-order valence-corrected chi connectivity index (χ3v) is 7.95. The predicted molar refractivity (Wildman–Crippen MR) is 152 cm³/mol. The van der Waals surface area contributed by atoms with E-state index in [1.54, 1.807) is 12.1 Å². The van der Waals surface area contributed by atoms with E-state index in [1.807, 2.05) is 91.0 Å². The van der Waals surface area contributed by atoms with Crippen LogP contribution in [0.3, 0.4) is 0 Å². The smallest absolute Gasteiger partial charge is 0.243 e. The molecule has 0 saturated carbocycles. The fourth-order valence-electron chi connectivity index (χ4n) is 5.80. The van der Waals surface area contributed by atoms with Crippen molar-refractivity contribution in [2.45, 2.75) is 42.5 Å². The second-order valence-electron chi connectivity index (χ2n) is 10.5. The predicted octanol–water partition coefficient (Wildman–Crippen LogP) is 3.02. The number of hydrogen-bond donors (Lipinski definition) is 4. The number of benzene rings is 3. The number of aliphatic hydroxyl groups is 3. The molecule has 5 N–H and O–H groups in total. The molecule has 4 atom stereocenters. The fourth-order valence-corrected chi connectivity index (χ4v) is 5.80. The molecule has 5 aromatic rings. The van der Waals surface area contributed by atoms with Crippen molar-refractivity contribution in [3.63, 3.8) is 0 Å². The summed E-state index contributed by atoms with van der Waals surface area (Å²) in [6.45, 7) is 0.160. The number of anilines is 1. The summed E-state index contributed by atoms with van der Waals surface area (Å²) in [4.78, 5) is 4.03. The molecule has 41 heavy (non-hydrogen) atoms. The van der Waals surface area contributed by atoms with Crippen molar-refractivity contribution >= 4 is 11.3 Å². The lowest BCUT2D eigenvalue weighted by atomic mass is 9.69. The highest BCUT2D eigenvalue weighted by Gasteiger charge is 2.74. The molecule has 6 rings (SSSR count). The Morgan fingerprint density at radius 3 is 2.00 bits per heavy atom. The van der Waals surface area contributed by atoms with Crippen LogP contribution in [-0.2, 0) is 34.7 Å². The Hall–Kier alpha value is -4.12. The molecule has 0 spiro atoms. The summed E-state index contributed by atoms with van der Waals surface area (Å²) in [5.41, 5.74) is 4.75. The van der Waals surface area contributed by atoms with E-state index in [9.17, 15) is 15.3 Å². The Morgan fingerprint density at radius 2 is 1.37 bits per heavy atom. The quantitative estimate of drug-likeness (QED) is 0.219. The van der Waals surface area contributed by atoms with Crippen molar-refractivity contribution < 1.29 is 24.8 Å². The Morgan fingerprint density at radius 1 is 0.780 bits per heavy atom. The molecule has 1 fully saturated rings. The maximum absolute atomic E-state index is 12.8. The third-order valence-electron chi connectivity index (χ3n) is 7.95. The second kappa shape index (κ2) is 10.7. The van der Waals surface area contributed by atoms with Gasteiger partial charge < -0.3 is 30.5 Å². The summed E-state index contributed by atoms with van der Waals surface area (Å²) in [6, 6.07) is 31.4. The van der Waals surface area contributed by atoms with Crippen molar-refractivity contribution in [1.82, 2.24) is 14.6 Å². The van der Waals surface area contributed by atoms with E-state index in [4.69, 9.17) is 15.2 Å². The van der Waals surface area contributed by atoms with E-state index in [2.05, 4.69) is 10.1 Å². The van der Waals surface area contributed by atoms with Gasteiger partial charge in [0.15, 0.2) is 11.4 Å². The normalized spacial score (nSPS) is 26.0. The zero-order valence-corrected chi connectivity index (χ0v) is 22.4. The molecule has 0 radical (unpaired) electrons. The van der Waals surface area contributed by atoms with E-state index in [0.29, 0.717) is 11.1 Å². The van der Waals surface area contributed by atoms with Gasteiger partial charge >= 0.3 is 0 Å². The Labute approximate surface area is 237 Å². The highest BCUT2D eigenvalue weighted by atomic mass is 16.7. The number of nitrogen functional groups attached to an aromatic ring is 1. The number of hydrogen-bond acceptors (Lipinski definition) is 8. The first kappa shape index (κ1) is 27.1. The average Bonchev–Trinajstić information content (AvgIpc) is 3.49. The number of aromatic nitrogens is 3. The highest BCUT2D eigenvalue weighted by molar-refractivity contribution is 5.65. The van der Waals surface area contributed by atoms with E-state index < -0.39 is 23.1 Å². The van der Waals surface area contributed by atoms with Gasteiger partial charge in [0.2, 0.25) is 5.79 Å². The summed E-state index contributed by atoms with van der Waals surface area (Å²) in [5, 5.41) is 42.2. The van der Waals surface area contributed by atoms with Gasteiger partial charge in [-0.3, -0.25) is 0 Å². The van der Waals surface area contributed by atoms with Gasteiger partial charge in [-0.1, -0.05) is 91.0 Å². The molecule has 9 heteroatoms. The Balaban J connectivity index is 1.48. The number of rotatable bonds is 9. The van der Waals surface area contributed by atoms with Crippen LogP contribution in [0.4, 0.5) is 5.82 Å². The number of nitrogens with zero attached hydrogens (tertiary/aromatic N) is 3. The number of ether oxygens (including phenoxy) is 2. The van der Waals surface area contributed by atoms with E-state index >= 15 is 0 Å². The monoisotopic (exact) mass is 552 g/mol. The fraction of sp³-hybridized carbons (Fsp3) is 0.250. The molecule has 3 aromatic carbocycles.